The summed E-state index contributed by atoms with van der Waals surface area (Å²) in [6.45, 7) is 6.54. The second-order valence-electron chi connectivity index (χ2n) is 7.16. The molecule has 1 aliphatic heterocycles. The van der Waals surface area contributed by atoms with Crippen LogP contribution in [-0.4, -0.2) is 24.2 Å². The third-order valence-electron chi connectivity index (χ3n) is 3.99. The number of nitrogens with one attached hydrogen (secondary N) is 2. The first-order valence-corrected chi connectivity index (χ1v) is 9.40. The fourth-order valence-corrected chi connectivity index (χ4v) is 3.26. The molecule has 0 atom stereocenters. The van der Waals surface area contributed by atoms with Crippen LogP contribution in [0.15, 0.2) is 47.4 Å². The predicted octanol–water partition coefficient (Wildman–Crippen LogP) is 4.05. The molecular weight excluding hydrogens is 348 g/mol. The molecule has 0 saturated heterocycles. The maximum absolute atomic E-state index is 12.2. The van der Waals surface area contributed by atoms with Gasteiger partial charge in [-0.15, -0.1) is 11.8 Å². The van der Waals surface area contributed by atoms with Crippen LogP contribution in [0.2, 0.25) is 0 Å². The Morgan fingerprint density at radius 1 is 1.19 bits per heavy atom. The van der Waals surface area contributed by atoms with Crippen LogP contribution >= 0.6 is 11.8 Å². The molecule has 5 nitrogen and oxygen atoms in total. The number of anilines is 2. The third-order valence-corrected chi connectivity index (χ3v) is 5.00. The number of fused-ring (bicyclic) bond motifs is 1. The van der Waals surface area contributed by atoms with E-state index in [1.54, 1.807) is 18.2 Å². The molecule has 0 bridgehead atoms. The molecule has 0 saturated carbocycles. The van der Waals surface area contributed by atoms with Gasteiger partial charge >= 0.3 is 0 Å². The van der Waals surface area contributed by atoms with E-state index in [0.29, 0.717) is 22.9 Å². The van der Waals surface area contributed by atoms with Crippen molar-refractivity contribution in [3.63, 3.8) is 0 Å². The quantitative estimate of drug-likeness (QED) is 0.797. The first kappa shape index (κ1) is 18.3. The summed E-state index contributed by atoms with van der Waals surface area (Å²) in [7, 11) is 0. The maximum atomic E-state index is 12.2. The minimum Gasteiger partial charge on any atom is -0.482 e. The number of rotatable bonds is 4. The van der Waals surface area contributed by atoms with Gasteiger partial charge in [-0.1, -0.05) is 32.9 Å². The second-order valence-corrected chi connectivity index (χ2v) is 8.21. The molecule has 3 rings (SSSR count). The van der Waals surface area contributed by atoms with Crippen molar-refractivity contribution in [3.8, 4) is 5.75 Å². The molecule has 0 aliphatic carbocycles. The Morgan fingerprint density at radius 2 is 1.92 bits per heavy atom. The van der Waals surface area contributed by atoms with Gasteiger partial charge in [-0.25, -0.2) is 0 Å². The summed E-state index contributed by atoms with van der Waals surface area (Å²) in [5.74, 6) is 0.624. The fourth-order valence-electron chi connectivity index (χ4n) is 2.56. The highest BCUT2D eigenvalue weighted by molar-refractivity contribution is 8.00. The van der Waals surface area contributed by atoms with E-state index in [0.717, 1.165) is 4.90 Å². The highest BCUT2D eigenvalue weighted by Gasteiger charge is 2.17. The van der Waals surface area contributed by atoms with Crippen molar-refractivity contribution in [1.82, 2.24) is 0 Å². The van der Waals surface area contributed by atoms with Crippen molar-refractivity contribution >= 4 is 35.0 Å². The minimum atomic E-state index is -0.199. The SMILES string of the molecule is CC(C)(C)c1ccc(SCC(=O)Nc2ccc3c(c2)NC(=O)CO3)cc1. The van der Waals surface area contributed by atoms with Gasteiger partial charge in [-0.3, -0.25) is 9.59 Å². The van der Waals surface area contributed by atoms with Gasteiger partial charge in [-0.2, -0.15) is 0 Å². The second kappa shape index (κ2) is 7.41. The van der Waals surface area contributed by atoms with E-state index in [9.17, 15) is 9.59 Å². The predicted molar refractivity (Wildman–Crippen MR) is 105 cm³/mol. The summed E-state index contributed by atoms with van der Waals surface area (Å²) in [5.41, 5.74) is 2.59. The molecule has 1 heterocycles. The van der Waals surface area contributed by atoms with E-state index in [4.69, 9.17) is 4.74 Å². The average molecular weight is 370 g/mol. The van der Waals surface area contributed by atoms with E-state index in [-0.39, 0.29) is 23.8 Å². The Bertz CT molecular complexity index is 826. The Labute approximate surface area is 157 Å². The van der Waals surface area contributed by atoms with Gasteiger partial charge in [0.1, 0.15) is 5.75 Å². The molecule has 0 unspecified atom stereocenters. The standard InChI is InChI=1S/C20H22N2O3S/c1-20(2,3)13-4-7-15(8-5-13)26-12-19(24)21-14-6-9-17-16(10-14)22-18(23)11-25-17/h4-10H,11-12H2,1-3H3,(H,21,24)(H,22,23). The zero-order valence-corrected chi connectivity index (χ0v) is 15.9. The lowest BCUT2D eigenvalue weighted by Gasteiger charge is -2.19. The first-order chi connectivity index (χ1) is 12.3. The van der Waals surface area contributed by atoms with Crippen LogP contribution < -0.4 is 15.4 Å². The molecule has 0 radical (unpaired) electrons. The van der Waals surface area contributed by atoms with E-state index in [2.05, 4.69) is 43.5 Å². The summed E-state index contributed by atoms with van der Waals surface area (Å²) < 4.78 is 5.31. The number of ether oxygens (including phenoxy) is 1. The van der Waals surface area contributed by atoms with Crippen molar-refractivity contribution in [2.75, 3.05) is 23.0 Å². The maximum Gasteiger partial charge on any atom is 0.262 e. The number of carbonyl (C=O) groups excluding carboxylic acids is 2. The lowest BCUT2D eigenvalue weighted by atomic mass is 9.87. The van der Waals surface area contributed by atoms with Gasteiger partial charge in [0.05, 0.1) is 11.4 Å². The Morgan fingerprint density at radius 3 is 2.62 bits per heavy atom. The smallest absolute Gasteiger partial charge is 0.262 e. The van der Waals surface area contributed by atoms with E-state index in [1.165, 1.54) is 17.3 Å². The van der Waals surface area contributed by atoms with Crippen LogP contribution in [0.25, 0.3) is 0 Å². The lowest BCUT2D eigenvalue weighted by Crippen LogP contribution is -2.25. The van der Waals surface area contributed by atoms with Crippen LogP contribution in [0.3, 0.4) is 0 Å². The van der Waals surface area contributed by atoms with Crippen molar-refractivity contribution in [3.05, 3.63) is 48.0 Å². The van der Waals surface area contributed by atoms with E-state index < -0.39 is 0 Å². The Kier molecular flexibility index (Phi) is 5.23. The molecule has 2 aromatic rings. The molecule has 0 spiro atoms. The molecule has 0 fully saturated rings. The number of benzene rings is 2. The Balaban J connectivity index is 1.56. The number of amides is 2. The minimum absolute atomic E-state index is 0.0172. The Hall–Kier alpha value is -2.47. The largest absolute Gasteiger partial charge is 0.482 e. The molecule has 0 aromatic heterocycles. The summed E-state index contributed by atoms with van der Waals surface area (Å²) in [5, 5.41) is 5.57. The summed E-state index contributed by atoms with van der Waals surface area (Å²) >= 11 is 1.49. The molecule has 26 heavy (non-hydrogen) atoms. The van der Waals surface area contributed by atoms with Gasteiger partial charge in [0.2, 0.25) is 5.91 Å². The van der Waals surface area contributed by atoms with E-state index >= 15 is 0 Å². The van der Waals surface area contributed by atoms with Crippen LogP contribution in [-0.2, 0) is 15.0 Å². The zero-order valence-electron chi connectivity index (χ0n) is 15.1. The van der Waals surface area contributed by atoms with Gasteiger partial charge in [0.25, 0.3) is 5.91 Å². The monoisotopic (exact) mass is 370 g/mol. The number of thioether (sulfide) groups is 1. The third kappa shape index (κ3) is 4.58. The van der Waals surface area contributed by atoms with Crippen LogP contribution in [0.4, 0.5) is 11.4 Å². The molecule has 2 N–H and O–H groups in total. The number of hydrogen-bond acceptors (Lipinski definition) is 4. The number of hydrogen-bond donors (Lipinski definition) is 2. The van der Waals surface area contributed by atoms with Crippen LogP contribution in [0.5, 0.6) is 5.75 Å². The number of carbonyl (C=O) groups is 2. The summed E-state index contributed by atoms with van der Waals surface area (Å²) in [4.78, 5) is 24.6. The molecule has 2 aromatic carbocycles. The van der Waals surface area contributed by atoms with Gasteiger partial charge in [0.15, 0.2) is 6.61 Å². The highest BCUT2D eigenvalue weighted by Crippen LogP contribution is 2.30. The van der Waals surface area contributed by atoms with E-state index in [1.807, 2.05) is 12.1 Å². The molecule has 1 aliphatic rings. The first-order valence-electron chi connectivity index (χ1n) is 8.41. The normalized spacial score (nSPS) is 13.4. The van der Waals surface area contributed by atoms with Crippen molar-refractivity contribution in [2.24, 2.45) is 0 Å². The fraction of sp³-hybridized carbons (Fsp3) is 0.300. The van der Waals surface area contributed by atoms with Crippen LogP contribution in [0, 0.1) is 0 Å². The summed E-state index contributed by atoms with van der Waals surface area (Å²) in [6, 6.07) is 13.5. The van der Waals surface area contributed by atoms with Crippen molar-refractivity contribution < 1.29 is 14.3 Å². The summed E-state index contributed by atoms with van der Waals surface area (Å²) in [6.07, 6.45) is 0. The molecule has 2 amide bonds. The average Bonchev–Trinajstić information content (AvgIpc) is 2.59. The molecule has 136 valence electrons. The van der Waals surface area contributed by atoms with Crippen molar-refractivity contribution in [2.45, 2.75) is 31.1 Å². The van der Waals surface area contributed by atoms with Gasteiger partial charge < -0.3 is 15.4 Å². The van der Waals surface area contributed by atoms with Crippen LogP contribution in [0.1, 0.15) is 26.3 Å². The lowest BCUT2D eigenvalue weighted by molar-refractivity contribution is -0.118. The zero-order chi connectivity index (χ0) is 18.7. The molecule has 6 heteroatoms. The van der Waals surface area contributed by atoms with Gasteiger partial charge in [0, 0.05) is 10.6 Å². The van der Waals surface area contributed by atoms with Gasteiger partial charge in [-0.05, 0) is 41.3 Å². The topological polar surface area (TPSA) is 67.4 Å². The highest BCUT2D eigenvalue weighted by atomic mass is 32.2. The molecular formula is C20H22N2O3S. The van der Waals surface area contributed by atoms with Crippen molar-refractivity contribution in [1.29, 1.82) is 0 Å².